The number of fused-ring (bicyclic) bond motifs is 1. The van der Waals surface area contributed by atoms with Crippen LogP contribution in [-0.2, 0) is 4.79 Å². The molecule has 72 valence electrons. The van der Waals surface area contributed by atoms with Crippen LogP contribution in [0.4, 0.5) is 0 Å². The molecule has 4 heteroatoms. The molecule has 0 atom stereocenters. The topological polar surface area (TPSA) is 65.5 Å². The molecule has 0 unspecified atom stereocenters. The van der Waals surface area contributed by atoms with Gasteiger partial charge in [0.1, 0.15) is 5.58 Å². The highest BCUT2D eigenvalue weighted by Gasteiger charge is 2.04. The van der Waals surface area contributed by atoms with Gasteiger partial charge in [-0.25, -0.2) is 0 Å². The number of furan rings is 1. The molecule has 0 aliphatic carbocycles. The van der Waals surface area contributed by atoms with Crippen LogP contribution in [-0.4, -0.2) is 12.5 Å². The van der Waals surface area contributed by atoms with Crippen LogP contribution in [0.25, 0.3) is 11.0 Å². The number of benzene rings is 1. The van der Waals surface area contributed by atoms with E-state index in [0.29, 0.717) is 5.95 Å². The third kappa shape index (κ3) is 1.69. The van der Waals surface area contributed by atoms with Crippen molar-refractivity contribution in [2.24, 2.45) is 5.73 Å². The zero-order valence-corrected chi connectivity index (χ0v) is 7.40. The van der Waals surface area contributed by atoms with Gasteiger partial charge in [-0.3, -0.25) is 4.79 Å². The maximum absolute atomic E-state index is 10.4. The molecule has 1 amide bonds. The first kappa shape index (κ1) is 8.62. The smallest absolute Gasteiger partial charge is 0.285 e. The van der Waals surface area contributed by atoms with Crippen molar-refractivity contribution < 1.29 is 13.9 Å². The number of hydrogen-bond donors (Lipinski definition) is 1. The van der Waals surface area contributed by atoms with E-state index in [1.165, 1.54) is 0 Å². The summed E-state index contributed by atoms with van der Waals surface area (Å²) in [5, 5.41) is 0.937. The quantitative estimate of drug-likeness (QED) is 0.795. The molecule has 2 aromatic rings. The molecule has 0 aliphatic heterocycles. The summed E-state index contributed by atoms with van der Waals surface area (Å²) in [5.74, 6) is -0.213. The largest absolute Gasteiger partial charge is 0.455 e. The third-order valence-corrected chi connectivity index (χ3v) is 1.76. The van der Waals surface area contributed by atoms with Crippen molar-refractivity contribution >= 4 is 16.9 Å². The summed E-state index contributed by atoms with van der Waals surface area (Å²) in [6.45, 7) is -0.167. The molecule has 14 heavy (non-hydrogen) atoms. The number of amides is 1. The highest BCUT2D eigenvalue weighted by molar-refractivity contribution is 5.79. The maximum atomic E-state index is 10.4. The van der Waals surface area contributed by atoms with E-state index in [1.807, 2.05) is 24.3 Å². The van der Waals surface area contributed by atoms with Gasteiger partial charge in [0.25, 0.3) is 11.9 Å². The Morgan fingerprint density at radius 1 is 1.43 bits per heavy atom. The minimum atomic E-state index is -0.523. The van der Waals surface area contributed by atoms with E-state index in [4.69, 9.17) is 14.9 Å². The number of para-hydroxylation sites is 1. The second kappa shape index (κ2) is 3.41. The fraction of sp³-hybridized carbons (Fsp3) is 0.100. The first-order valence-electron chi connectivity index (χ1n) is 4.15. The van der Waals surface area contributed by atoms with E-state index in [1.54, 1.807) is 6.07 Å². The summed E-state index contributed by atoms with van der Waals surface area (Å²) in [7, 11) is 0. The van der Waals surface area contributed by atoms with E-state index in [2.05, 4.69) is 0 Å². The molecule has 0 bridgehead atoms. The van der Waals surface area contributed by atoms with Gasteiger partial charge >= 0.3 is 0 Å². The van der Waals surface area contributed by atoms with Crippen molar-refractivity contribution in [2.75, 3.05) is 6.61 Å². The van der Waals surface area contributed by atoms with Crippen molar-refractivity contribution in [3.8, 4) is 5.95 Å². The van der Waals surface area contributed by atoms with Crippen LogP contribution >= 0.6 is 0 Å². The van der Waals surface area contributed by atoms with Gasteiger partial charge in [0, 0.05) is 11.5 Å². The number of hydrogen-bond acceptors (Lipinski definition) is 3. The lowest BCUT2D eigenvalue weighted by molar-refractivity contribution is -0.120. The average Bonchev–Trinajstić information content (AvgIpc) is 2.57. The predicted octanol–water partition coefficient (Wildman–Crippen LogP) is 1.30. The van der Waals surface area contributed by atoms with Gasteiger partial charge in [-0.05, 0) is 6.07 Å². The number of carbonyl (C=O) groups is 1. The first-order chi connectivity index (χ1) is 6.75. The van der Waals surface area contributed by atoms with Crippen molar-refractivity contribution in [3.63, 3.8) is 0 Å². The van der Waals surface area contributed by atoms with Gasteiger partial charge in [-0.15, -0.1) is 0 Å². The summed E-state index contributed by atoms with van der Waals surface area (Å²) in [6, 6.07) is 9.21. The summed E-state index contributed by atoms with van der Waals surface area (Å²) < 4.78 is 10.3. The molecule has 1 aromatic heterocycles. The highest BCUT2D eigenvalue weighted by atomic mass is 16.6. The van der Waals surface area contributed by atoms with Gasteiger partial charge in [0.2, 0.25) is 0 Å². The standard InChI is InChI=1S/C10H9NO3/c11-9(12)6-13-10-5-7-3-1-2-4-8(7)14-10/h1-5H,6H2,(H2,11,12). The van der Waals surface area contributed by atoms with Crippen LogP contribution in [0.15, 0.2) is 34.7 Å². The zero-order chi connectivity index (χ0) is 9.97. The van der Waals surface area contributed by atoms with Crippen LogP contribution in [0.5, 0.6) is 5.95 Å². The maximum Gasteiger partial charge on any atom is 0.285 e. The molecule has 1 aromatic carbocycles. The molecule has 0 fully saturated rings. The second-order valence-corrected chi connectivity index (χ2v) is 2.86. The lowest BCUT2D eigenvalue weighted by Gasteiger charge is -1.96. The normalized spacial score (nSPS) is 10.3. The van der Waals surface area contributed by atoms with Gasteiger partial charge in [0.15, 0.2) is 6.61 Å². The van der Waals surface area contributed by atoms with Gasteiger partial charge in [-0.2, -0.15) is 0 Å². The molecule has 2 rings (SSSR count). The Morgan fingerprint density at radius 3 is 2.93 bits per heavy atom. The Bertz CT molecular complexity index is 428. The van der Waals surface area contributed by atoms with Crippen molar-refractivity contribution in [2.45, 2.75) is 0 Å². The van der Waals surface area contributed by atoms with E-state index in [0.717, 1.165) is 11.0 Å². The Balaban J connectivity index is 2.22. The Kier molecular flexibility index (Phi) is 2.10. The molecule has 0 saturated heterocycles. The average molecular weight is 191 g/mol. The van der Waals surface area contributed by atoms with Crippen molar-refractivity contribution in [3.05, 3.63) is 30.3 Å². The molecule has 0 saturated carbocycles. The van der Waals surface area contributed by atoms with Crippen LogP contribution in [0.3, 0.4) is 0 Å². The van der Waals surface area contributed by atoms with Crippen molar-refractivity contribution in [1.29, 1.82) is 0 Å². The summed E-state index contributed by atoms with van der Waals surface area (Å²) in [6.07, 6.45) is 0. The van der Waals surface area contributed by atoms with Crippen LogP contribution in [0, 0.1) is 0 Å². The highest BCUT2D eigenvalue weighted by Crippen LogP contribution is 2.24. The summed E-state index contributed by atoms with van der Waals surface area (Å²) in [5.41, 5.74) is 5.66. The monoisotopic (exact) mass is 191 g/mol. The molecule has 1 heterocycles. The number of carbonyl (C=O) groups excluding carboxylic acids is 1. The van der Waals surface area contributed by atoms with E-state index in [9.17, 15) is 4.79 Å². The minimum absolute atomic E-state index is 0.167. The third-order valence-electron chi connectivity index (χ3n) is 1.76. The number of primary amides is 1. The van der Waals surface area contributed by atoms with Gasteiger partial charge in [-0.1, -0.05) is 18.2 Å². The molecule has 0 radical (unpaired) electrons. The van der Waals surface area contributed by atoms with E-state index < -0.39 is 5.91 Å². The predicted molar refractivity (Wildman–Crippen MR) is 50.9 cm³/mol. The minimum Gasteiger partial charge on any atom is -0.455 e. The molecule has 2 N–H and O–H groups in total. The summed E-state index contributed by atoms with van der Waals surface area (Å²) >= 11 is 0. The van der Waals surface area contributed by atoms with Gasteiger partial charge in [0.05, 0.1) is 0 Å². The SMILES string of the molecule is NC(=O)COc1cc2ccccc2o1. The fourth-order valence-corrected chi connectivity index (χ4v) is 1.17. The molecule has 0 aliphatic rings. The van der Waals surface area contributed by atoms with Crippen LogP contribution in [0.1, 0.15) is 0 Å². The van der Waals surface area contributed by atoms with Gasteiger partial charge < -0.3 is 14.9 Å². The molecular weight excluding hydrogens is 182 g/mol. The second-order valence-electron chi connectivity index (χ2n) is 2.86. The first-order valence-corrected chi connectivity index (χ1v) is 4.15. The van der Waals surface area contributed by atoms with Crippen molar-refractivity contribution in [1.82, 2.24) is 0 Å². The number of rotatable bonds is 3. The Hall–Kier alpha value is -1.97. The fourth-order valence-electron chi connectivity index (χ4n) is 1.17. The number of nitrogens with two attached hydrogens (primary N) is 1. The number of ether oxygens (including phenoxy) is 1. The van der Waals surface area contributed by atoms with Crippen LogP contribution < -0.4 is 10.5 Å². The van der Waals surface area contributed by atoms with Crippen LogP contribution in [0.2, 0.25) is 0 Å². The van der Waals surface area contributed by atoms with E-state index in [-0.39, 0.29) is 6.61 Å². The Morgan fingerprint density at radius 2 is 2.21 bits per heavy atom. The lowest BCUT2D eigenvalue weighted by atomic mass is 10.3. The lowest BCUT2D eigenvalue weighted by Crippen LogP contribution is -2.19. The molecule has 4 nitrogen and oxygen atoms in total. The van der Waals surface area contributed by atoms with E-state index >= 15 is 0 Å². The molecular formula is C10H9NO3. The Labute approximate surface area is 80.3 Å². The zero-order valence-electron chi connectivity index (χ0n) is 7.40. The molecule has 0 spiro atoms. The summed E-state index contributed by atoms with van der Waals surface area (Å²) in [4.78, 5) is 10.4.